The second-order valence-electron chi connectivity index (χ2n) is 6.78. The Morgan fingerprint density at radius 3 is 2.34 bits per heavy atom. The van der Waals surface area contributed by atoms with Gasteiger partial charge in [-0.15, -0.1) is 0 Å². The van der Waals surface area contributed by atoms with Gasteiger partial charge in [-0.1, -0.05) is 13.8 Å². The first kappa shape index (κ1) is 25.9. The molecule has 0 spiro atoms. The number of nitrogens with one attached hydrogen (secondary N) is 2. The molecule has 0 saturated carbocycles. The van der Waals surface area contributed by atoms with Crippen molar-refractivity contribution >= 4 is 61.9 Å². The van der Waals surface area contributed by atoms with Gasteiger partial charge in [0.05, 0.1) is 15.6 Å². The molecule has 2 atom stereocenters. The molecule has 10 heteroatoms. The normalized spacial score (nSPS) is 12.9. The highest BCUT2D eigenvalue weighted by atomic mass is 79.9. The second-order valence-corrected chi connectivity index (χ2v) is 9.47. The topological polar surface area (TPSA) is 105 Å². The van der Waals surface area contributed by atoms with E-state index < -0.39 is 24.0 Å². The summed E-state index contributed by atoms with van der Waals surface area (Å²) in [5.41, 5.74) is 0.646. The zero-order valence-corrected chi connectivity index (χ0v) is 20.5. The summed E-state index contributed by atoms with van der Waals surface area (Å²) in [5, 5.41) is 14.5. The second kappa shape index (κ2) is 13.3. The third-order valence-corrected chi connectivity index (χ3v) is 5.77. The number of hydrogen-bond acceptors (Lipinski definition) is 6. The Morgan fingerprint density at radius 2 is 1.86 bits per heavy atom. The van der Waals surface area contributed by atoms with Crippen LogP contribution in [0.5, 0.6) is 5.75 Å². The summed E-state index contributed by atoms with van der Waals surface area (Å²) in [7, 11) is 0. The Balaban J connectivity index is 2.98. The van der Waals surface area contributed by atoms with Gasteiger partial charge in [-0.2, -0.15) is 11.8 Å². The smallest absolute Gasteiger partial charge is 0.334 e. The lowest BCUT2D eigenvalue weighted by atomic mass is 10.0. The predicted molar refractivity (Wildman–Crippen MR) is 121 cm³/mol. The third-order valence-electron chi connectivity index (χ3n) is 3.95. The Bertz CT molecular complexity index is 695. The van der Waals surface area contributed by atoms with Crippen molar-refractivity contribution in [3.8, 4) is 5.75 Å². The summed E-state index contributed by atoms with van der Waals surface area (Å²) >= 11 is 8.23. The molecular formula is C19H26Br2N2O5S. The van der Waals surface area contributed by atoms with Crippen LogP contribution >= 0.6 is 43.6 Å². The maximum atomic E-state index is 12.8. The first-order valence-electron chi connectivity index (χ1n) is 9.02. The highest BCUT2D eigenvalue weighted by molar-refractivity contribution is 9.11. The number of thioether (sulfide) groups is 1. The number of hydrogen-bond donors (Lipinski definition) is 3. The summed E-state index contributed by atoms with van der Waals surface area (Å²) in [6.45, 7) is 3.71. The fourth-order valence-corrected chi connectivity index (χ4v) is 4.45. The molecule has 2 unspecified atom stereocenters. The van der Waals surface area contributed by atoms with Crippen molar-refractivity contribution in [1.82, 2.24) is 10.6 Å². The molecule has 0 aliphatic rings. The fourth-order valence-electron chi connectivity index (χ4n) is 2.54. The van der Waals surface area contributed by atoms with Gasteiger partial charge >= 0.3 is 5.97 Å². The Kier molecular flexibility index (Phi) is 11.9. The van der Waals surface area contributed by atoms with Crippen molar-refractivity contribution in [2.24, 2.45) is 5.92 Å². The molecule has 29 heavy (non-hydrogen) atoms. The molecule has 1 aromatic carbocycles. The quantitative estimate of drug-likeness (QED) is 0.209. The number of ether oxygens (including phenoxy) is 1. The van der Waals surface area contributed by atoms with E-state index in [1.807, 2.05) is 20.1 Å². The third kappa shape index (κ3) is 8.65. The van der Waals surface area contributed by atoms with Crippen LogP contribution in [0, 0.1) is 5.92 Å². The monoisotopic (exact) mass is 552 g/mol. The van der Waals surface area contributed by atoms with E-state index in [4.69, 9.17) is 4.74 Å². The van der Waals surface area contributed by atoms with Crippen LogP contribution in [-0.2, 0) is 21.0 Å². The summed E-state index contributed by atoms with van der Waals surface area (Å²) in [5.74, 6) is 0.0396. The number of esters is 1. The van der Waals surface area contributed by atoms with Gasteiger partial charge < -0.3 is 20.5 Å². The van der Waals surface area contributed by atoms with Crippen LogP contribution in [-0.4, -0.2) is 47.5 Å². The van der Waals surface area contributed by atoms with E-state index in [-0.39, 0.29) is 18.3 Å². The van der Waals surface area contributed by atoms with Gasteiger partial charge in [0.15, 0.2) is 5.75 Å². The van der Waals surface area contributed by atoms with E-state index in [2.05, 4.69) is 42.5 Å². The number of carbonyl (C=O) groups excluding carboxylic acids is 3. The van der Waals surface area contributed by atoms with Crippen LogP contribution < -0.4 is 15.4 Å². The van der Waals surface area contributed by atoms with Crippen molar-refractivity contribution in [3.63, 3.8) is 0 Å². The maximum absolute atomic E-state index is 12.8. The van der Waals surface area contributed by atoms with Crippen LogP contribution in [0.1, 0.15) is 32.3 Å². The van der Waals surface area contributed by atoms with Crippen LogP contribution in [0.15, 0.2) is 21.1 Å². The summed E-state index contributed by atoms with van der Waals surface area (Å²) in [4.78, 5) is 36.3. The van der Waals surface area contributed by atoms with E-state index in [1.165, 1.54) is 0 Å². The van der Waals surface area contributed by atoms with E-state index in [1.54, 1.807) is 23.9 Å². The first-order chi connectivity index (χ1) is 13.7. The van der Waals surface area contributed by atoms with Gasteiger partial charge in [-0.05, 0) is 80.3 Å². The number of carbonyl (C=O) groups is 3. The minimum atomic E-state index is -0.871. The minimum absolute atomic E-state index is 0.125. The predicted octanol–water partition coefficient (Wildman–Crippen LogP) is 3.01. The Morgan fingerprint density at radius 1 is 1.24 bits per heavy atom. The van der Waals surface area contributed by atoms with Crippen molar-refractivity contribution in [1.29, 1.82) is 0 Å². The summed E-state index contributed by atoms with van der Waals surface area (Å²) in [6.07, 6.45) is 3.23. The van der Waals surface area contributed by atoms with Crippen LogP contribution in [0.2, 0.25) is 0 Å². The average molecular weight is 554 g/mol. The molecule has 0 heterocycles. The fraction of sp³-hybridized carbons (Fsp3) is 0.526. The van der Waals surface area contributed by atoms with Gasteiger partial charge in [0.2, 0.25) is 12.3 Å². The SMILES string of the molecule is CSCCC(NC=O)C(=O)NC(CC(C)C)C(=O)Oc1c(Br)cc(CO)cc1Br. The number of rotatable bonds is 12. The lowest BCUT2D eigenvalue weighted by molar-refractivity contribution is -0.140. The van der Waals surface area contributed by atoms with E-state index in [0.717, 1.165) is 0 Å². The molecule has 0 aromatic heterocycles. The van der Waals surface area contributed by atoms with E-state index >= 15 is 0 Å². The van der Waals surface area contributed by atoms with E-state index in [9.17, 15) is 19.5 Å². The van der Waals surface area contributed by atoms with Crippen LogP contribution in [0.3, 0.4) is 0 Å². The van der Waals surface area contributed by atoms with Crippen molar-refractivity contribution in [2.75, 3.05) is 12.0 Å². The number of benzene rings is 1. The molecule has 0 saturated heterocycles. The molecule has 3 N–H and O–H groups in total. The number of aliphatic hydroxyl groups is 1. The Labute approximate surface area is 192 Å². The van der Waals surface area contributed by atoms with Gasteiger partial charge in [-0.25, -0.2) is 4.79 Å². The zero-order chi connectivity index (χ0) is 22.0. The molecule has 2 amide bonds. The molecule has 0 bridgehead atoms. The molecule has 162 valence electrons. The highest BCUT2D eigenvalue weighted by Gasteiger charge is 2.28. The molecule has 7 nitrogen and oxygen atoms in total. The lowest BCUT2D eigenvalue weighted by Crippen LogP contribution is -2.51. The van der Waals surface area contributed by atoms with E-state index in [0.29, 0.717) is 39.5 Å². The molecule has 0 fully saturated rings. The molecular weight excluding hydrogens is 528 g/mol. The maximum Gasteiger partial charge on any atom is 0.334 e. The number of aliphatic hydroxyl groups excluding tert-OH is 1. The van der Waals surface area contributed by atoms with Crippen molar-refractivity contribution in [3.05, 3.63) is 26.6 Å². The van der Waals surface area contributed by atoms with Crippen molar-refractivity contribution in [2.45, 2.75) is 45.4 Å². The zero-order valence-electron chi connectivity index (χ0n) is 16.5. The van der Waals surface area contributed by atoms with Crippen LogP contribution in [0.25, 0.3) is 0 Å². The van der Waals surface area contributed by atoms with Crippen molar-refractivity contribution < 1.29 is 24.2 Å². The minimum Gasteiger partial charge on any atom is -0.423 e. The molecule has 1 rings (SSSR count). The molecule has 0 aliphatic heterocycles. The standard InChI is InChI=1S/C19H26Br2N2O5S/c1-11(2)6-16(23-18(26)15(22-10-25)4-5-29-3)19(27)28-17-13(20)7-12(9-24)8-14(17)21/h7-8,10-11,15-16,24H,4-6,9H2,1-3H3,(H,22,25)(H,23,26). The summed E-state index contributed by atoms with van der Waals surface area (Å²) < 4.78 is 6.54. The number of halogens is 2. The van der Waals surface area contributed by atoms with Crippen LogP contribution in [0.4, 0.5) is 0 Å². The highest BCUT2D eigenvalue weighted by Crippen LogP contribution is 2.35. The molecule has 0 aliphatic carbocycles. The average Bonchev–Trinajstić information content (AvgIpc) is 2.66. The molecule has 0 radical (unpaired) electrons. The molecule has 1 aromatic rings. The first-order valence-corrected chi connectivity index (χ1v) is 12.0. The number of amides is 2. The lowest BCUT2D eigenvalue weighted by Gasteiger charge is -2.23. The summed E-state index contributed by atoms with van der Waals surface area (Å²) in [6, 6.07) is 1.71. The van der Waals surface area contributed by atoms with Gasteiger partial charge in [0.25, 0.3) is 0 Å². The largest absolute Gasteiger partial charge is 0.423 e. The van der Waals surface area contributed by atoms with Gasteiger partial charge in [0, 0.05) is 0 Å². The Hall–Kier alpha value is -1.10. The van der Waals surface area contributed by atoms with Gasteiger partial charge in [-0.3, -0.25) is 9.59 Å². The van der Waals surface area contributed by atoms with Gasteiger partial charge in [0.1, 0.15) is 12.1 Å².